The zero-order chi connectivity index (χ0) is 79.4. The van der Waals surface area contributed by atoms with Crippen LogP contribution in [0.2, 0.25) is 0 Å². The Hall–Kier alpha value is -0.720. The Balaban J connectivity index is 0.000000142. The zero-order valence-corrected chi connectivity index (χ0v) is 75.7. The van der Waals surface area contributed by atoms with E-state index in [0.29, 0.717) is 67.2 Å². The SMILES string of the molecule is C.CC(C)(C)N1CC2(CCC2)C1.CC(C)(C)N1CC2(CCO2)C1.CC(C)(C)N1CC2(CCOC2)C1.CC(C)(C)N1CCCC2(CCC2)C1.CC(C)(C)N1CCOC2(CCC2)C1.CC(C)N1CCC2(CC1)COC2.CC(C)N1CCC2(CC1)OCCO2.CC(C)N1CCC2(COC2)C1.CC(C)N1CCN(C)C2(COC2)C1. The highest BCUT2D eigenvalue weighted by molar-refractivity contribution is 5.08. The van der Waals surface area contributed by atoms with Crippen LogP contribution >= 0.6 is 0 Å². The lowest BCUT2D eigenvalue weighted by atomic mass is 9.62. The van der Waals surface area contributed by atoms with Gasteiger partial charge in [-0.25, -0.2) is 0 Å². The number of ether oxygens (including phenoxy) is 8. The van der Waals surface area contributed by atoms with E-state index >= 15 is 0 Å². The Kier molecular flexibility index (Phi) is 31.8. The number of nitrogens with zero attached hydrogens (tertiary/aromatic N) is 10. The van der Waals surface area contributed by atoms with Gasteiger partial charge in [0.05, 0.1) is 89.4 Å². The van der Waals surface area contributed by atoms with Crippen molar-refractivity contribution in [1.82, 2.24) is 49.0 Å². The fraction of sp³-hybridized carbons (Fsp3) is 1.00. The molecular formula is C92H178N10O8. The average molecular weight is 1550 g/mol. The number of likely N-dealkylation sites (tertiary alicyclic amines) is 7. The summed E-state index contributed by atoms with van der Waals surface area (Å²) in [4.78, 5) is 25.5. The summed E-state index contributed by atoms with van der Waals surface area (Å²) in [5, 5.41) is 0. The highest BCUT2D eigenvalue weighted by Crippen LogP contribution is 2.51. The number of piperazine rings is 1. The molecule has 18 rings (SSSR count). The fourth-order valence-electron chi connectivity index (χ4n) is 19.9. The molecular weight excluding hydrogens is 1370 g/mol. The molecule has 18 heteroatoms. The summed E-state index contributed by atoms with van der Waals surface area (Å²) in [5.74, 6) is -0.203. The summed E-state index contributed by atoms with van der Waals surface area (Å²) in [6.45, 7) is 87.5. The van der Waals surface area contributed by atoms with E-state index in [0.717, 1.165) is 154 Å². The summed E-state index contributed by atoms with van der Waals surface area (Å²) in [6, 6.07) is 2.77. The number of morpholine rings is 1. The fourth-order valence-corrected chi connectivity index (χ4v) is 19.9. The lowest BCUT2D eigenvalue weighted by Gasteiger charge is -2.60. The highest BCUT2D eigenvalue weighted by Gasteiger charge is 2.54. The van der Waals surface area contributed by atoms with Crippen molar-refractivity contribution in [3.05, 3.63) is 0 Å². The third-order valence-electron chi connectivity index (χ3n) is 30.0. The Morgan fingerprint density at radius 1 is 0.255 bits per heavy atom. The maximum Gasteiger partial charge on any atom is 0.170 e. The molecule has 0 aromatic carbocycles. The molecule has 15 aliphatic heterocycles. The molecule has 18 nitrogen and oxygen atoms in total. The minimum atomic E-state index is -0.203. The lowest BCUT2D eigenvalue weighted by Crippen LogP contribution is -2.71. The van der Waals surface area contributed by atoms with Gasteiger partial charge >= 0.3 is 0 Å². The monoisotopic (exact) mass is 1550 g/mol. The molecule has 18 fully saturated rings. The van der Waals surface area contributed by atoms with Gasteiger partial charge in [-0.3, -0.25) is 34.3 Å². The van der Waals surface area contributed by atoms with E-state index in [9.17, 15) is 0 Å². The smallest absolute Gasteiger partial charge is 0.170 e. The van der Waals surface area contributed by atoms with Gasteiger partial charge in [0.25, 0.3) is 0 Å². The van der Waals surface area contributed by atoms with Crippen LogP contribution in [0.1, 0.15) is 282 Å². The van der Waals surface area contributed by atoms with Gasteiger partial charge in [0.1, 0.15) is 0 Å². The third-order valence-corrected chi connectivity index (χ3v) is 30.0. The lowest BCUT2D eigenvalue weighted by molar-refractivity contribution is -0.237. The van der Waals surface area contributed by atoms with Crippen LogP contribution in [-0.4, -0.2) is 334 Å². The second-order valence-corrected chi connectivity index (χ2v) is 44.9. The van der Waals surface area contributed by atoms with E-state index in [4.69, 9.17) is 37.9 Å². The van der Waals surface area contributed by atoms with E-state index in [1.165, 1.54) is 188 Å². The number of hydrogen-bond acceptors (Lipinski definition) is 18. The van der Waals surface area contributed by atoms with Gasteiger partial charge < -0.3 is 52.6 Å². The van der Waals surface area contributed by atoms with E-state index in [-0.39, 0.29) is 18.8 Å². The normalized spacial score (nSPS) is 29.0. The van der Waals surface area contributed by atoms with Crippen LogP contribution in [0.3, 0.4) is 0 Å². The number of rotatable bonds is 4. The quantitative estimate of drug-likeness (QED) is 0.266. The van der Waals surface area contributed by atoms with E-state index in [2.05, 4.69) is 215 Å². The molecule has 9 spiro atoms. The second kappa shape index (κ2) is 37.5. The Bertz CT molecular complexity index is 2600. The predicted molar refractivity (Wildman–Crippen MR) is 456 cm³/mol. The first kappa shape index (κ1) is 93.2. The summed E-state index contributed by atoms with van der Waals surface area (Å²) < 4.78 is 44.1. The van der Waals surface area contributed by atoms with Gasteiger partial charge in [0.15, 0.2) is 5.79 Å². The first-order valence-electron chi connectivity index (χ1n) is 45.2. The Labute approximate surface area is 677 Å². The molecule has 0 aromatic heterocycles. The number of hydrogen-bond donors (Lipinski definition) is 0. The largest absolute Gasteiger partial charge is 0.381 e. The van der Waals surface area contributed by atoms with Crippen molar-refractivity contribution >= 4 is 0 Å². The molecule has 18 aliphatic rings. The Morgan fingerprint density at radius 2 is 0.636 bits per heavy atom. The van der Waals surface area contributed by atoms with Gasteiger partial charge in [-0.15, -0.1) is 0 Å². The molecule has 15 saturated heterocycles. The second-order valence-electron chi connectivity index (χ2n) is 44.9. The molecule has 15 heterocycles. The first-order valence-corrected chi connectivity index (χ1v) is 45.2. The third kappa shape index (κ3) is 24.1. The van der Waals surface area contributed by atoms with Gasteiger partial charge in [-0.1, -0.05) is 20.3 Å². The predicted octanol–water partition coefficient (Wildman–Crippen LogP) is 15.0. The van der Waals surface area contributed by atoms with Crippen molar-refractivity contribution in [2.75, 3.05) is 211 Å². The van der Waals surface area contributed by atoms with E-state index in [1.807, 2.05) is 0 Å². The summed E-state index contributed by atoms with van der Waals surface area (Å²) in [5.41, 5.74) is 6.00. The average Bonchev–Trinajstić information content (AvgIpc) is 0.876. The van der Waals surface area contributed by atoms with Crippen LogP contribution in [0, 0.1) is 27.1 Å². The van der Waals surface area contributed by atoms with Gasteiger partial charge in [0.2, 0.25) is 0 Å². The van der Waals surface area contributed by atoms with Crippen LogP contribution in [0.5, 0.6) is 0 Å². The summed E-state index contributed by atoms with van der Waals surface area (Å²) in [7, 11) is 2.22. The highest BCUT2D eigenvalue weighted by atomic mass is 16.7. The molecule has 0 N–H and O–H groups in total. The molecule has 3 aliphatic carbocycles. The van der Waals surface area contributed by atoms with Gasteiger partial charge in [-0.05, 0) is 287 Å². The minimum Gasteiger partial charge on any atom is -0.381 e. The molecule has 0 radical (unpaired) electrons. The minimum absolute atomic E-state index is 0. The van der Waals surface area contributed by atoms with Gasteiger partial charge in [-0.2, -0.15) is 0 Å². The molecule has 0 atom stereocenters. The van der Waals surface area contributed by atoms with Crippen LogP contribution in [0.15, 0.2) is 0 Å². The van der Waals surface area contributed by atoms with Crippen molar-refractivity contribution in [2.45, 2.75) is 357 Å². The summed E-state index contributed by atoms with van der Waals surface area (Å²) in [6.07, 6.45) is 24.5. The molecule has 644 valence electrons. The standard InChI is InChI=1S/C12H23N.C11H21NO.C10H20N2O.C10H19NO2.2C10H19NO.C10H19N.2C9H17NO.CH4/c1-11(2,3)13-9-5-8-12(10-13)6-4-7-12;1-10(2,3)12-7-8-13-11(9-12)5-4-6-11;1-9(2)12-5-4-11(3)10(6-12)7-13-8-10;1-9(2)11-5-3-10(4-6-11)12-7-8-13-10;1-9(2,3)11-6-10(7-11)4-5-12-8-10;1-9(2)11-5-3-10(4-6-11)7-12-8-10;1-9(2,3)11-7-10(8-11)5-4-6-10;1-8(2,3)10-6-9(7-10)4-5-11-9;1-8(2)10-4-3-9(5-10)6-11-7-9;/h4-10H2,1-3H3;4-9H2,1-3H3;9H,4-8H2,1-3H3;9H,3-8H2,1-2H3;4-8H2,1-3H3;9H,3-8H2,1-2H3;4-8H2,1-3H3;4-7H2,1-3H3;8H,3-7H2,1-2H3;1H4. The molecule has 3 saturated carbocycles. The molecule has 0 unspecified atom stereocenters. The molecule has 110 heavy (non-hydrogen) atoms. The molecule has 0 amide bonds. The molecule has 0 aromatic rings. The number of piperidine rings is 3. The van der Waals surface area contributed by atoms with Crippen molar-refractivity contribution < 1.29 is 37.9 Å². The van der Waals surface area contributed by atoms with Crippen LogP contribution < -0.4 is 0 Å². The molecule has 0 bridgehead atoms. The summed E-state index contributed by atoms with van der Waals surface area (Å²) >= 11 is 0. The van der Waals surface area contributed by atoms with Crippen LogP contribution in [-0.2, 0) is 37.9 Å². The van der Waals surface area contributed by atoms with E-state index in [1.54, 1.807) is 0 Å². The van der Waals surface area contributed by atoms with Crippen LogP contribution in [0.25, 0.3) is 0 Å². The number of likely N-dealkylation sites (N-methyl/N-ethyl adjacent to an activating group) is 1. The first-order chi connectivity index (χ1) is 50.9. The Morgan fingerprint density at radius 3 is 1.00 bits per heavy atom. The zero-order valence-electron chi connectivity index (χ0n) is 75.7. The van der Waals surface area contributed by atoms with Crippen molar-refractivity contribution in [3.8, 4) is 0 Å². The van der Waals surface area contributed by atoms with Crippen molar-refractivity contribution in [1.29, 1.82) is 0 Å². The van der Waals surface area contributed by atoms with E-state index < -0.39 is 0 Å². The van der Waals surface area contributed by atoms with Crippen molar-refractivity contribution in [2.24, 2.45) is 27.1 Å². The van der Waals surface area contributed by atoms with Crippen LogP contribution in [0.4, 0.5) is 0 Å². The topological polar surface area (TPSA) is 106 Å². The maximum absolute atomic E-state index is 5.89. The van der Waals surface area contributed by atoms with Crippen molar-refractivity contribution in [3.63, 3.8) is 0 Å². The van der Waals surface area contributed by atoms with Gasteiger partial charge in [0, 0.05) is 192 Å². The maximum atomic E-state index is 5.89.